The minimum atomic E-state index is -0.975. The van der Waals surface area contributed by atoms with Gasteiger partial charge in [-0.2, -0.15) is 0 Å². The minimum Gasteiger partial charge on any atom is -0.508 e. The summed E-state index contributed by atoms with van der Waals surface area (Å²) >= 11 is 0. The fourth-order valence-corrected chi connectivity index (χ4v) is 1.96. The lowest BCUT2D eigenvalue weighted by molar-refractivity contribution is -0.140. The van der Waals surface area contributed by atoms with Crippen molar-refractivity contribution in [2.24, 2.45) is 0 Å². The number of benzene rings is 2. The van der Waals surface area contributed by atoms with Crippen LogP contribution >= 0.6 is 0 Å². The van der Waals surface area contributed by atoms with E-state index < -0.39 is 12.1 Å². The van der Waals surface area contributed by atoms with Gasteiger partial charge in [0.15, 0.2) is 11.5 Å². The number of phenols is 2. The molecule has 0 aliphatic heterocycles. The van der Waals surface area contributed by atoms with Crippen LogP contribution in [0.2, 0.25) is 0 Å². The molecule has 0 saturated heterocycles. The van der Waals surface area contributed by atoms with E-state index in [0.29, 0.717) is 16.9 Å². The molecule has 0 radical (unpaired) electrons. The number of methoxy groups -OCH3 is 1. The van der Waals surface area contributed by atoms with Gasteiger partial charge in [-0.1, -0.05) is 18.2 Å². The summed E-state index contributed by atoms with van der Waals surface area (Å²) in [6, 6.07) is 10.6. The molecule has 0 fully saturated rings. The van der Waals surface area contributed by atoms with Crippen molar-refractivity contribution in [2.75, 3.05) is 13.7 Å². The summed E-state index contributed by atoms with van der Waals surface area (Å²) in [4.78, 5) is 11.7. The SMILES string of the molecule is COc1cc(C=CC(=O)OC[C@H](O)c2ccc(O)cc2)ccc1O. The van der Waals surface area contributed by atoms with Crippen molar-refractivity contribution in [3.63, 3.8) is 0 Å². The molecule has 6 heteroatoms. The van der Waals surface area contributed by atoms with Crippen LogP contribution in [0.25, 0.3) is 6.08 Å². The predicted molar refractivity (Wildman–Crippen MR) is 87.7 cm³/mol. The van der Waals surface area contributed by atoms with Crippen LogP contribution in [0, 0.1) is 0 Å². The van der Waals surface area contributed by atoms with Crippen LogP contribution in [-0.2, 0) is 9.53 Å². The topological polar surface area (TPSA) is 96.2 Å². The molecule has 3 N–H and O–H groups in total. The van der Waals surface area contributed by atoms with E-state index in [1.54, 1.807) is 24.3 Å². The van der Waals surface area contributed by atoms with Crippen LogP contribution in [-0.4, -0.2) is 35.0 Å². The Bertz CT molecular complexity index is 721. The number of aliphatic hydroxyl groups is 1. The summed E-state index contributed by atoms with van der Waals surface area (Å²) in [5, 5.41) is 28.6. The molecule has 1 atom stereocenters. The number of aliphatic hydroxyl groups excluding tert-OH is 1. The maximum atomic E-state index is 11.7. The van der Waals surface area contributed by atoms with Crippen molar-refractivity contribution in [1.82, 2.24) is 0 Å². The molecule has 2 aromatic rings. The zero-order valence-corrected chi connectivity index (χ0v) is 13.0. The summed E-state index contributed by atoms with van der Waals surface area (Å²) in [6.07, 6.45) is 1.75. The van der Waals surface area contributed by atoms with E-state index >= 15 is 0 Å². The van der Waals surface area contributed by atoms with E-state index in [1.807, 2.05) is 0 Å². The molecular formula is C18H18O6. The number of phenolic OH excluding ortho intramolecular Hbond substituents is 2. The zero-order chi connectivity index (χ0) is 17.5. The molecule has 0 saturated carbocycles. The number of hydrogen-bond donors (Lipinski definition) is 3. The molecule has 0 aliphatic carbocycles. The molecule has 2 aromatic carbocycles. The van der Waals surface area contributed by atoms with Crippen LogP contribution in [0.5, 0.6) is 17.2 Å². The van der Waals surface area contributed by atoms with Gasteiger partial charge in [-0.05, 0) is 41.5 Å². The Morgan fingerprint density at radius 1 is 1.17 bits per heavy atom. The number of ether oxygens (including phenoxy) is 2. The maximum Gasteiger partial charge on any atom is 0.330 e. The molecule has 0 amide bonds. The molecule has 0 spiro atoms. The Kier molecular flexibility index (Phi) is 5.81. The average molecular weight is 330 g/mol. The van der Waals surface area contributed by atoms with Gasteiger partial charge in [-0.15, -0.1) is 0 Å². The van der Waals surface area contributed by atoms with Gasteiger partial charge in [0.05, 0.1) is 7.11 Å². The summed E-state index contributed by atoms with van der Waals surface area (Å²) in [5.41, 5.74) is 1.19. The van der Waals surface area contributed by atoms with E-state index in [9.17, 15) is 20.1 Å². The fraction of sp³-hybridized carbons (Fsp3) is 0.167. The zero-order valence-electron chi connectivity index (χ0n) is 13.0. The predicted octanol–water partition coefficient (Wildman–Crippen LogP) is 2.40. The lowest BCUT2D eigenvalue weighted by Gasteiger charge is -2.10. The Labute approximate surface area is 139 Å². The van der Waals surface area contributed by atoms with Crippen LogP contribution < -0.4 is 4.74 Å². The second-order valence-electron chi connectivity index (χ2n) is 5.00. The summed E-state index contributed by atoms with van der Waals surface area (Å²) in [5.74, 6) is -0.211. The Balaban J connectivity index is 1.89. The summed E-state index contributed by atoms with van der Waals surface area (Å²) in [7, 11) is 1.43. The molecule has 0 unspecified atom stereocenters. The van der Waals surface area contributed by atoms with Crippen molar-refractivity contribution in [1.29, 1.82) is 0 Å². The van der Waals surface area contributed by atoms with Crippen LogP contribution in [0.3, 0.4) is 0 Å². The van der Waals surface area contributed by atoms with Gasteiger partial charge in [0.25, 0.3) is 0 Å². The van der Waals surface area contributed by atoms with Crippen molar-refractivity contribution in [3.8, 4) is 17.2 Å². The molecule has 0 bridgehead atoms. The molecule has 0 heterocycles. The lowest BCUT2D eigenvalue weighted by atomic mass is 10.1. The normalized spacial score (nSPS) is 12.1. The van der Waals surface area contributed by atoms with Crippen molar-refractivity contribution in [2.45, 2.75) is 6.10 Å². The summed E-state index contributed by atoms with van der Waals surface area (Å²) < 4.78 is 9.95. The van der Waals surface area contributed by atoms with Crippen LogP contribution in [0.4, 0.5) is 0 Å². The smallest absolute Gasteiger partial charge is 0.330 e. The van der Waals surface area contributed by atoms with E-state index in [-0.39, 0.29) is 18.1 Å². The third-order valence-corrected chi connectivity index (χ3v) is 3.28. The highest BCUT2D eigenvalue weighted by Gasteiger charge is 2.10. The third-order valence-electron chi connectivity index (χ3n) is 3.28. The highest BCUT2D eigenvalue weighted by molar-refractivity contribution is 5.87. The van der Waals surface area contributed by atoms with E-state index in [0.717, 1.165) is 0 Å². The van der Waals surface area contributed by atoms with E-state index in [2.05, 4.69) is 0 Å². The van der Waals surface area contributed by atoms with E-state index in [1.165, 1.54) is 37.5 Å². The Morgan fingerprint density at radius 3 is 2.54 bits per heavy atom. The molecule has 0 aromatic heterocycles. The first kappa shape index (κ1) is 17.4. The highest BCUT2D eigenvalue weighted by atomic mass is 16.5. The van der Waals surface area contributed by atoms with Crippen molar-refractivity contribution in [3.05, 3.63) is 59.7 Å². The maximum absolute atomic E-state index is 11.7. The quantitative estimate of drug-likeness (QED) is 0.556. The van der Waals surface area contributed by atoms with Gasteiger partial charge in [-0.3, -0.25) is 0 Å². The first-order chi connectivity index (χ1) is 11.5. The molecular weight excluding hydrogens is 312 g/mol. The van der Waals surface area contributed by atoms with Gasteiger partial charge in [0.1, 0.15) is 18.5 Å². The minimum absolute atomic E-state index is 0.00856. The standard InChI is InChI=1S/C18H18O6/c1-23-17-10-12(2-8-15(17)20)3-9-18(22)24-11-16(21)13-4-6-14(19)7-5-13/h2-10,16,19-21H,11H2,1H3/t16-/m0/s1. The largest absolute Gasteiger partial charge is 0.508 e. The molecule has 24 heavy (non-hydrogen) atoms. The fourth-order valence-electron chi connectivity index (χ4n) is 1.96. The average Bonchev–Trinajstić information content (AvgIpc) is 2.59. The third kappa shape index (κ3) is 4.76. The lowest BCUT2D eigenvalue weighted by Crippen LogP contribution is -2.10. The Hall–Kier alpha value is -2.99. The first-order valence-electron chi connectivity index (χ1n) is 7.18. The highest BCUT2D eigenvalue weighted by Crippen LogP contribution is 2.26. The van der Waals surface area contributed by atoms with Crippen molar-refractivity contribution >= 4 is 12.0 Å². The number of carbonyl (C=O) groups is 1. The van der Waals surface area contributed by atoms with Gasteiger partial charge in [-0.25, -0.2) is 4.79 Å². The molecule has 126 valence electrons. The second kappa shape index (κ2) is 8.03. The molecule has 0 aliphatic rings. The Morgan fingerprint density at radius 2 is 1.88 bits per heavy atom. The molecule has 2 rings (SSSR count). The van der Waals surface area contributed by atoms with Crippen LogP contribution in [0.1, 0.15) is 17.2 Å². The van der Waals surface area contributed by atoms with E-state index in [4.69, 9.17) is 9.47 Å². The number of carbonyl (C=O) groups excluding carboxylic acids is 1. The number of aromatic hydroxyl groups is 2. The van der Waals surface area contributed by atoms with Gasteiger partial charge in [0.2, 0.25) is 0 Å². The van der Waals surface area contributed by atoms with Gasteiger partial charge >= 0.3 is 5.97 Å². The summed E-state index contributed by atoms with van der Waals surface area (Å²) in [6.45, 7) is -0.202. The second-order valence-corrected chi connectivity index (χ2v) is 5.00. The number of rotatable bonds is 6. The first-order valence-corrected chi connectivity index (χ1v) is 7.18. The number of esters is 1. The van der Waals surface area contributed by atoms with Crippen molar-refractivity contribution < 1.29 is 29.6 Å². The molecule has 6 nitrogen and oxygen atoms in total. The number of hydrogen-bond acceptors (Lipinski definition) is 6. The monoisotopic (exact) mass is 330 g/mol. The van der Waals surface area contributed by atoms with Crippen LogP contribution in [0.15, 0.2) is 48.5 Å². The van der Waals surface area contributed by atoms with Gasteiger partial charge < -0.3 is 24.8 Å². The van der Waals surface area contributed by atoms with Gasteiger partial charge in [0, 0.05) is 6.08 Å².